The van der Waals surface area contributed by atoms with Crippen molar-refractivity contribution >= 4 is 22.9 Å². The lowest BCUT2D eigenvalue weighted by Gasteiger charge is -2.17. The Bertz CT molecular complexity index is 652. The quantitative estimate of drug-likeness (QED) is 0.734. The standard InChI is InChI=1S/C13H13N3O4/c1-7(17)10(13(19)20)16-12(18)8-3-2-4-9-11(8)15-6-5-14-9/h2-7,10,17H,1H3,(H,16,18)(H,19,20). The van der Waals surface area contributed by atoms with Crippen molar-refractivity contribution in [1.29, 1.82) is 0 Å². The van der Waals surface area contributed by atoms with Crippen LogP contribution < -0.4 is 5.32 Å². The van der Waals surface area contributed by atoms with Crippen LogP contribution >= 0.6 is 0 Å². The summed E-state index contributed by atoms with van der Waals surface area (Å²) in [6.45, 7) is 1.29. The van der Waals surface area contributed by atoms with Gasteiger partial charge in [-0.15, -0.1) is 0 Å². The van der Waals surface area contributed by atoms with Gasteiger partial charge in [-0.2, -0.15) is 0 Å². The number of aliphatic hydroxyl groups excluding tert-OH is 1. The molecule has 0 aliphatic heterocycles. The maximum atomic E-state index is 12.1. The van der Waals surface area contributed by atoms with Gasteiger partial charge in [0.25, 0.3) is 5.91 Å². The number of hydrogen-bond acceptors (Lipinski definition) is 5. The number of benzene rings is 1. The summed E-state index contributed by atoms with van der Waals surface area (Å²) in [6.07, 6.45) is 1.74. The third-order valence-corrected chi connectivity index (χ3v) is 2.78. The molecule has 0 aliphatic carbocycles. The maximum Gasteiger partial charge on any atom is 0.328 e. The number of hydrogen-bond donors (Lipinski definition) is 3. The van der Waals surface area contributed by atoms with Crippen LogP contribution in [0.15, 0.2) is 30.6 Å². The Morgan fingerprint density at radius 3 is 2.60 bits per heavy atom. The molecule has 1 aromatic carbocycles. The summed E-state index contributed by atoms with van der Waals surface area (Å²) in [4.78, 5) is 31.2. The highest BCUT2D eigenvalue weighted by Crippen LogP contribution is 2.14. The zero-order chi connectivity index (χ0) is 14.7. The number of carbonyl (C=O) groups excluding carboxylic acids is 1. The molecule has 0 radical (unpaired) electrons. The van der Waals surface area contributed by atoms with Gasteiger partial charge in [0, 0.05) is 12.4 Å². The average Bonchev–Trinajstić information content (AvgIpc) is 2.43. The molecule has 1 amide bonds. The number of carbonyl (C=O) groups is 2. The fourth-order valence-electron chi connectivity index (χ4n) is 1.78. The second-order valence-corrected chi connectivity index (χ2v) is 4.26. The number of carboxylic acid groups (broad SMARTS) is 1. The number of nitrogens with one attached hydrogen (secondary N) is 1. The second-order valence-electron chi connectivity index (χ2n) is 4.26. The zero-order valence-corrected chi connectivity index (χ0v) is 10.6. The van der Waals surface area contributed by atoms with Crippen molar-refractivity contribution in [2.24, 2.45) is 0 Å². The fourth-order valence-corrected chi connectivity index (χ4v) is 1.78. The number of fused-ring (bicyclic) bond motifs is 1. The van der Waals surface area contributed by atoms with Crippen LogP contribution in [0, 0.1) is 0 Å². The molecule has 0 aliphatic rings. The fraction of sp³-hybridized carbons (Fsp3) is 0.231. The van der Waals surface area contributed by atoms with Gasteiger partial charge in [-0.1, -0.05) is 6.07 Å². The first-order chi connectivity index (χ1) is 9.50. The minimum Gasteiger partial charge on any atom is -0.480 e. The summed E-state index contributed by atoms with van der Waals surface area (Å²) in [6, 6.07) is 3.47. The van der Waals surface area contributed by atoms with Gasteiger partial charge in [0.2, 0.25) is 0 Å². The Balaban J connectivity index is 2.34. The Kier molecular flexibility index (Phi) is 3.90. The maximum absolute atomic E-state index is 12.1. The molecule has 2 rings (SSSR count). The minimum absolute atomic E-state index is 0.211. The van der Waals surface area contributed by atoms with E-state index in [0.29, 0.717) is 11.0 Å². The third-order valence-electron chi connectivity index (χ3n) is 2.78. The van der Waals surface area contributed by atoms with Crippen LogP contribution in [0.1, 0.15) is 17.3 Å². The first-order valence-electron chi connectivity index (χ1n) is 5.92. The molecule has 2 unspecified atom stereocenters. The molecular formula is C13H13N3O4. The number of para-hydroxylation sites is 1. The van der Waals surface area contributed by atoms with E-state index < -0.39 is 24.0 Å². The molecule has 20 heavy (non-hydrogen) atoms. The molecule has 7 heteroatoms. The Hall–Kier alpha value is -2.54. The highest BCUT2D eigenvalue weighted by Gasteiger charge is 2.26. The monoisotopic (exact) mass is 275 g/mol. The molecule has 0 fully saturated rings. The van der Waals surface area contributed by atoms with Gasteiger partial charge in [0.15, 0.2) is 6.04 Å². The molecule has 0 bridgehead atoms. The lowest BCUT2D eigenvalue weighted by Crippen LogP contribution is -2.47. The highest BCUT2D eigenvalue weighted by molar-refractivity contribution is 6.05. The van der Waals surface area contributed by atoms with Crippen molar-refractivity contribution < 1.29 is 19.8 Å². The van der Waals surface area contributed by atoms with E-state index in [2.05, 4.69) is 15.3 Å². The molecule has 1 aromatic heterocycles. The van der Waals surface area contributed by atoms with E-state index in [1.165, 1.54) is 25.4 Å². The molecule has 104 valence electrons. The number of aliphatic carboxylic acids is 1. The number of amides is 1. The van der Waals surface area contributed by atoms with Crippen LogP contribution in [0.2, 0.25) is 0 Å². The highest BCUT2D eigenvalue weighted by atomic mass is 16.4. The lowest BCUT2D eigenvalue weighted by atomic mass is 10.1. The van der Waals surface area contributed by atoms with Crippen molar-refractivity contribution in [1.82, 2.24) is 15.3 Å². The van der Waals surface area contributed by atoms with Crippen molar-refractivity contribution in [3.05, 3.63) is 36.2 Å². The molecule has 2 atom stereocenters. The van der Waals surface area contributed by atoms with Crippen LogP contribution in [-0.4, -0.2) is 44.2 Å². The Morgan fingerprint density at radius 2 is 1.95 bits per heavy atom. The van der Waals surface area contributed by atoms with Crippen molar-refractivity contribution in [2.45, 2.75) is 19.1 Å². The summed E-state index contributed by atoms with van der Waals surface area (Å²) in [7, 11) is 0. The van der Waals surface area contributed by atoms with Crippen LogP contribution in [0.4, 0.5) is 0 Å². The normalized spacial score (nSPS) is 13.7. The largest absolute Gasteiger partial charge is 0.480 e. The summed E-state index contributed by atoms with van der Waals surface area (Å²) in [5, 5.41) is 20.6. The summed E-state index contributed by atoms with van der Waals surface area (Å²) >= 11 is 0. The Labute approximate surface area is 114 Å². The smallest absolute Gasteiger partial charge is 0.328 e. The van der Waals surface area contributed by atoms with Gasteiger partial charge in [-0.3, -0.25) is 14.8 Å². The van der Waals surface area contributed by atoms with E-state index in [1.54, 1.807) is 12.1 Å². The average molecular weight is 275 g/mol. The van der Waals surface area contributed by atoms with E-state index in [-0.39, 0.29) is 5.56 Å². The van der Waals surface area contributed by atoms with Crippen LogP contribution in [0.25, 0.3) is 11.0 Å². The van der Waals surface area contributed by atoms with Crippen LogP contribution in [0.3, 0.4) is 0 Å². The lowest BCUT2D eigenvalue weighted by molar-refractivity contribution is -0.141. The second kappa shape index (κ2) is 5.62. The predicted molar refractivity (Wildman–Crippen MR) is 70.1 cm³/mol. The Morgan fingerprint density at radius 1 is 1.25 bits per heavy atom. The van der Waals surface area contributed by atoms with Crippen LogP contribution in [0.5, 0.6) is 0 Å². The molecule has 1 heterocycles. The van der Waals surface area contributed by atoms with Gasteiger partial charge in [-0.25, -0.2) is 4.79 Å². The molecule has 3 N–H and O–H groups in total. The van der Waals surface area contributed by atoms with Crippen molar-refractivity contribution in [3.63, 3.8) is 0 Å². The predicted octanol–water partition coefficient (Wildman–Crippen LogP) is 0.194. The van der Waals surface area contributed by atoms with Crippen molar-refractivity contribution in [2.75, 3.05) is 0 Å². The summed E-state index contributed by atoms with van der Waals surface area (Å²) in [5.41, 5.74) is 1.12. The van der Waals surface area contributed by atoms with Gasteiger partial charge in [0.1, 0.15) is 5.52 Å². The third kappa shape index (κ3) is 2.72. The molecular weight excluding hydrogens is 262 g/mol. The first-order valence-corrected chi connectivity index (χ1v) is 5.92. The summed E-state index contributed by atoms with van der Waals surface area (Å²) < 4.78 is 0. The SMILES string of the molecule is CC(O)C(NC(=O)c1cccc2nccnc12)C(=O)O. The van der Waals surface area contributed by atoms with Gasteiger partial charge in [0.05, 0.1) is 17.2 Å². The zero-order valence-electron chi connectivity index (χ0n) is 10.6. The molecule has 7 nitrogen and oxygen atoms in total. The molecule has 0 saturated carbocycles. The van der Waals surface area contributed by atoms with Crippen LogP contribution in [-0.2, 0) is 4.79 Å². The number of aromatic nitrogens is 2. The van der Waals surface area contributed by atoms with Crippen molar-refractivity contribution in [3.8, 4) is 0 Å². The number of aliphatic hydroxyl groups is 1. The number of rotatable bonds is 4. The molecule has 0 saturated heterocycles. The number of carboxylic acids is 1. The van der Waals surface area contributed by atoms with E-state index in [1.807, 2.05) is 0 Å². The van der Waals surface area contributed by atoms with E-state index in [9.17, 15) is 14.7 Å². The van der Waals surface area contributed by atoms with E-state index in [4.69, 9.17) is 5.11 Å². The van der Waals surface area contributed by atoms with Gasteiger partial charge >= 0.3 is 5.97 Å². The first kappa shape index (κ1) is 13.9. The van der Waals surface area contributed by atoms with E-state index in [0.717, 1.165) is 0 Å². The van der Waals surface area contributed by atoms with E-state index >= 15 is 0 Å². The number of nitrogens with zero attached hydrogens (tertiary/aromatic N) is 2. The summed E-state index contributed by atoms with van der Waals surface area (Å²) in [5.74, 6) is -1.93. The molecule has 0 spiro atoms. The topological polar surface area (TPSA) is 112 Å². The van der Waals surface area contributed by atoms with Gasteiger partial charge < -0.3 is 15.5 Å². The molecule has 2 aromatic rings. The minimum atomic E-state index is -1.38. The van der Waals surface area contributed by atoms with Gasteiger partial charge in [-0.05, 0) is 19.1 Å².